The molecule has 0 aliphatic carbocycles. The summed E-state index contributed by atoms with van der Waals surface area (Å²) in [6.45, 7) is 6.82. The molecule has 0 saturated carbocycles. The van der Waals surface area contributed by atoms with Gasteiger partial charge in [-0.15, -0.1) is 0 Å². The topological polar surface area (TPSA) is 79.8 Å². The van der Waals surface area contributed by atoms with E-state index in [4.69, 9.17) is 0 Å². The average Bonchev–Trinajstić information content (AvgIpc) is 2.81. The molecule has 0 spiro atoms. The number of hydrogen-bond acceptors (Lipinski definition) is 5. The Morgan fingerprint density at radius 2 is 1.59 bits per heavy atom. The molecule has 1 aromatic heterocycles. The van der Waals surface area contributed by atoms with Crippen LogP contribution in [0.1, 0.15) is 70.4 Å². The van der Waals surface area contributed by atoms with Crippen LogP contribution in [0, 0.1) is 21.4 Å². The third kappa shape index (κ3) is 7.87. The quantitative estimate of drug-likeness (QED) is 0.158. The molecular formula is C25H35N3O2PS+. The lowest BCUT2D eigenvalue weighted by molar-refractivity contribution is -0.384. The van der Waals surface area contributed by atoms with Gasteiger partial charge in [0, 0.05) is 36.1 Å². The van der Waals surface area contributed by atoms with Crippen molar-refractivity contribution in [3.8, 4) is 6.07 Å². The summed E-state index contributed by atoms with van der Waals surface area (Å²) in [6.07, 6.45) is 14.6. The van der Waals surface area contributed by atoms with E-state index < -0.39 is 12.2 Å². The molecule has 0 unspecified atom stereocenters. The maximum atomic E-state index is 10.9. The molecule has 0 atom stereocenters. The van der Waals surface area contributed by atoms with E-state index in [0.717, 1.165) is 11.1 Å². The van der Waals surface area contributed by atoms with Gasteiger partial charge in [-0.3, -0.25) is 10.1 Å². The second-order valence-corrected chi connectivity index (χ2v) is 13.8. The Hall–Kier alpha value is -1.96. The minimum atomic E-state index is -1.11. The number of hydrogen-bond donors (Lipinski definition) is 0. The van der Waals surface area contributed by atoms with Gasteiger partial charge >= 0.3 is 0 Å². The zero-order chi connectivity index (χ0) is 23.4. The van der Waals surface area contributed by atoms with Gasteiger partial charge in [0.05, 0.1) is 35.1 Å². The number of unbranched alkanes of at least 4 members (excludes halogenated alkanes) is 3. The summed E-state index contributed by atoms with van der Waals surface area (Å²) in [6, 6.07) is 10.7. The van der Waals surface area contributed by atoms with Gasteiger partial charge in [-0.05, 0) is 37.5 Å². The lowest BCUT2D eigenvalue weighted by Crippen LogP contribution is -2.12. The van der Waals surface area contributed by atoms with Gasteiger partial charge in [0.2, 0.25) is 0 Å². The van der Waals surface area contributed by atoms with E-state index in [1.165, 1.54) is 86.5 Å². The van der Waals surface area contributed by atoms with Crippen LogP contribution >= 0.6 is 19.0 Å². The van der Waals surface area contributed by atoms with Crippen LogP contribution in [0.15, 0.2) is 46.5 Å². The number of nitrogens with zero attached hydrogens (tertiary/aromatic N) is 3. The molecule has 7 heteroatoms. The van der Waals surface area contributed by atoms with E-state index in [1.807, 2.05) is 12.3 Å². The molecule has 0 aliphatic rings. The summed E-state index contributed by atoms with van der Waals surface area (Å²) in [4.78, 5) is 15.9. The zero-order valence-electron chi connectivity index (χ0n) is 19.5. The molecule has 1 aromatic carbocycles. The SMILES string of the molecule is CCCC[P+](CCCC)(CCCC)Cc1cnc(Sc2ccc([N+](=O)[O-])cc2)c(C#N)c1. The fraction of sp³-hybridized carbons (Fsp3) is 0.520. The number of pyridine rings is 1. The molecular weight excluding hydrogens is 437 g/mol. The van der Waals surface area contributed by atoms with E-state index >= 15 is 0 Å². The van der Waals surface area contributed by atoms with Gasteiger partial charge in [0.1, 0.15) is 11.1 Å². The van der Waals surface area contributed by atoms with Crippen LogP contribution < -0.4 is 0 Å². The Labute approximate surface area is 197 Å². The fourth-order valence-electron chi connectivity index (χ4n) is 3.93. The number of nitro benzene ring substituents is 1. The van der Waals surface area contributed by atoms with Crippen molar-refractivity contribution >= 4 is 24.7 Å². The molecule has 0 aliphatic heterocycles. The molecule has 32 heavy (non-hydrogen) atoms. The van der Waals surface area contributed by atoms with Crippen molar-refractivity contribution in [2.24, 2.45) is 0 Å². The third-order valence-corrected chi connectivity index (χ3v) is 11.6. The number of rotatable bonds is 14. The van der Waals surface area contributed by atoms with Crippen molar-refractivity contribution in [2.45, 2.75) is 75.4 Å². The maximum Gasteiger partial charge on any atom is 0.269 e. The number of nitro groups is 1. The molecule has 2 aromatic rings. The zero-order valence-corrected chi connectivity index (χ0v) is 21.3. The Balaban J connectivity index is 2.25. The van der Waals surface area contributed by atoms with Crippen molar-refractivity contribution in [3.63, 3.8) is 0 Å². The van der Waals surface area contributed by atoms with Crippen LogP contribution in [0.25, 0.3) is 0 Å². The summed E-state index contributed by atoms with van der Waals surface area (Å²) in [7, 11) is -1.11. The van der Waals surface area contributed by atoms with Crippen LogP contribution in [0.4, 0.5) is 5.69 Å². The van der Waals surface area contributed by atoms with Crippen molar-refractivity contribution < 1.29 is 4.92 Å². The van der Waals surface area contributed by atoms with Crippen LogP contribution in [-0.4, -0.2) is 28.4 Å². The molecule has 172 valence electrons. The molecule has 0 bridgehead atoms. The molecule has 2 rings (SSSR count). The maximum absolute atomic E-state index is 10.9. The molecule has 0 amide bonds. The first kappa shape index (κ1) is 26.3. The third-order valence-electron chi connectivity index (χ3n) is 5.77. The fourth-order valence-corrected chi connectivity index (χ4v) is 9.80. The largest absolute Gasteiger partial charge is 0.269 e. The van der Waals surface area contributed by atoms with Gasteiger partial charge in [-0.1, -0.05) is 51.8 Å². The Morgan fingerprint density at radius 3 is 2.06 bits per heavy atom. The number of non-ortho nitro benzene ring substituents is 1. The summed E-state index contributed by atoms with van der Waals surface area (Å²) in [5.74, 6) is 0. The minimum absolute atomic E-state index is 0.0599. The molecule has 1 heterocycles. The predicted molar refractivity (Wildman–Crippen MR) is 136 cm³/mol. The van der Waals surface area contributed by atoms with Gasteiger partial charge in [0.15, 0.2) is 0 Å². The van der Waals surface area contributed by atoms with Crippen molar-refractivity contribution in [3.05, 3.63) is 57.8 Å². The van der Waals surface area contributed by atoms with Crippen LogP contribution in [0.5, 0.6) is 0 Å². The molecule has 0 N–H and O–H groups in total. The van der Waals surface area contributed by atoms with Crippen LogP contribution in [0.2, 0.25) is 0 Å². The highest BCUT2D eigenvalue weighted by atomic mass is 32.2. The molecule has 0 radical (unpaired) electrons. The summed E-state index contributed by atoms with van der Waals surface area (Å²) < 4.78 is 0. The van der Waals surface area contributed by atoms with E-state index in [2.05, 4.69) is 31.8 Å². The first-order chi connectivity index (χ1) is 15.5. The van der Waals surface area contributed by atoms with Crippen molar-refractivity contribution in [1.82, 2.24) is 4.98 Å². The first-order valence-electron chi connectivity index (χ1n) is 11.6. The second kappa shape index (κ2) is 13.6. The Bertz CT molecular complexity index is 891. The second-order valence-electron chi connectivity index (χ2n) is 8.39. The smallest absolute Gasteiger partial charge is 0.258 e. The highest BCUT2D eigenvalue weighted by Gasteiger charge is 2.36. The normalized spacial score (nSPS) is 11.3. The lowest BCUT2D eigenvalue weighted by atomic mass is 10.2. The highest BCUT2D eigenvalue weighted by molar-refractivity contribution is 7.99. The van der Waals surface area contributed by atoms with Gasteiger partial charge in [-0.25, -0.2) is 4.98 Å². The number of benzene rings is 1. The molecule has 0 saturated heterocycles. The molecule has 0 fully saturated rings. The van der Waals surface area contributed by atoms with E-state index in [-0.39, 0.29) is 5.69 Å². The first-order valence-corrected chi connectivity index (χ1v) is 15.0. The van der Waals surface area contributed by atoms with E-state index in [9.17, 15) is 15.4 Å². The van der Waals surface area contributed by atoms with Crippen molar-refractivity contribution in [1.29, 1.82) is 5.26 Å². The lowest BCUT2D eigenvalue weighted by Gasteiger charge is -2.28. The van der Waals surface area contributed by atoms with Crippen LogP contribution in [0.3, 0.4) is 0 Å². The van der Waals surface area contributed by atoms with E-state index in [1.54, 1.807) is 12.1 Å². The highest BCUT2D eigenvalue weighted by Crippen LogP contribution is 2.63. The summed E-state index contributed by atoms with van der Waals surface area (Å²) in [5.41, 5.74) is 1.83. The number of aromatic nitrogens is 1. The van der Waals surface area contributed by atoms with Crippen molar-refractivity contribution in [2.75, 3.05) is 18.5 Å². The average molecular weight is 473 g/mol. The van der Waals surface area contributed by atoms with E-state index in [0.29, 0.717) is 10.6 Å². The Kier molecular flexibility index (Phi) is 11.1. The van der Waals surface area contributed by atoms with Crippen LogP contribution in [-0.2, 0) is 6.16 Å². The monoisotopic (exact) mass is 472 g/mol. The Morgan fingerprint density at radius 1 is 1.03 bits per heavy atom. The number of nitriles is 1. The summed E-state index contributed by atoms with van der Waals surface area (Å²) in [5, 5.41) is 21.3. The predicted octanol–water partition coefficient (Wildman–Crippen LogP) is 7.93. The van der Waals surface area contributed by atoms with Gasteiger partial charge in [0.25, 0.3) is 5.69 Å². The van der Waals surface area contributed by atoms with Gasteiger partial charge < -0.3 is 0 Å². The summed E-state index contributed by atoms with van der Waals surface area (Å²) >= 11 is 1.38. The standard InChI is InChI=1S/C25H35N3O2PS/c1-4-7-14-31(15-8-5-2,16-9-6-3)20-21-17-22(18-26)25(27-19-21)32-24-12-10-23(11-13-24)28(29)30/h10-13,17,19H,4-9,14-16,20H2,1-3H3/q+1. The van der Waals surface area contributed by atoms with Gasteiger partial charge in [-0.2, -0.15) is 5.26 Å². The minimum Gasteiger partial charge on any atom is -0.258 e. The molecule has 5 nitrogen and oxygen atoms in total.